The number of anilines is 8. The van der Waals surface area contributed by atoms with Crippen molar-refractivity contribution in [3.63, 3.8) is 0 Å². The van der Waals surface area contributed by atoms with Gasteiger partial charge in [-0.25, -0.2) is 4.98 Å². The molecule has 4 heteroatoms. The summed E-state index contributed by atoms with van der Waals surface area (Å²) in [6, 6.07) is 51.7. The molecule has 0 unspecified atom stereocenters. The summed E-state index contributed by atoms with van der Waals surface area (Å²) in [6.07, 6.45) is 2.07. The van der Waals surface area contributed by atoms with Crippen molar-refractivity contribution in [1.29, 1.82) is 0 Å². The van der Waals surface area contributed by atoms with E-state index in [2.05, 4.69) is 194 Å². The SMILES string of the molecule is CC(C)N1c2ccc(N(c3ccccc3)c3ccccc3)cc2C(C)(C)c2cc(N(c3ccccc3)c3ccccc3)ncc21. The largest absolute Gasteiger partial charge is 0.337 e. The summed E-state index contributed by atoms with van der Waals surface area (Å²) in [5.74, 6) is 0.901. The van der Waals surface area contributed by atoms with E-state index in [1.807, 2.05) is 0 Å². The van der Waals surface area contributed by atoms with Crippen LogP contribution in [0.5, 0.6) is 0 Å². The number of rotatable bonds is 7. The Morgan fingerprint density at radius 1 is 0.511 bits per heavy atom. The van der Waals surface area contributed by atoms with Crippen molar-refractivity contribution in [3.05, 3.63) is 163 Å². The number of aromatic nitrogens is 1. The van der Waals surface area contributed by atoms with E-state index in [0.717, 1.165) is 39.9 Å². The Hall–Kier alpha value is -5.35. The Kier molecular flexibility index (Phi) is 7.34. The molecule has 5 aromatic carbocycles. The molecule has 0 amide bonds. The van der Waals surface area contributed by atoms with Gasteiger partial charge in [-0.3, -0.25) is 4.90 Å². The molecule has 7 rings (SSSR count). The van der Waals surface area contributed by atoms with E-state index in [-0.39, 0.29) is 11.5 Å². The third-order valence-electron chi connectivity index (χ3n) is 8.78. The summed E-state index contributed by atoms with van der Waals surface area (Å²) in [5, 5.41) is 0. The van der Waals surface area contributed by atoms with Gasteiger partial charge in [-0.15, -0.1) is 0 Å². The maximum atomic E-state index is 5.12. The fourth-order valence-electron chi connectivity index (χ4n) is 6.63. The van der Waals surface area contributed by atoms with Crippen LogP contribution in [0.1, 0.15) is 38.8 Å². The van der Waals surface area contributed by atoms with Crippen LogP contribution in [0.25, 0.3) is 0 Å². The van der Waals surface area contributed by atoms with Gasteiger partial charge in [-0.1, -0.05) is 86.6 Å². The highest BCUT2D eigenvalue weighted by Crippen LogP contribution is 2.52. The van der Waals surface area contributed by atoms with E-state index in [9.17, 15) is 0 Å². The lowest BCUT2D eigenvalue weighted by molar-refractivity contribution is 0.611. The van der Waals surface area contributed by atoms with Crippen molar-refractivity contribution in [2.24, 2.45) is 0 Å². The minimum absolute atomic E-state index is 0.246. The zero-order valence-corrected chi connectivity index (χ0v) is 26.3. The Morgan fingerprint density at radius 3 is 1.42 bits per heavy atom. The average molecular weight is 587 g/mol. The van der Waals surface area contributed by atoms with Crippen molar-refractivity contribution in [2.75, 3.05) is 14.7 Å². The molecule has 222 valence electrons. The molecule has 0 saturated heterocycles. The lowest BCUT2D eigenvalue weighted by atomic mass is 9.73. The lowest BCUT2D eigenvalue weighted by Crippen LogP contribution is -2.37. The van der Waals surface area contributed by atoms with Gasteiger partial charge in [-0.2, -0.15) is 0 Å². The Balaban J connectivity index is 1.40. The Morgan fingerprint density at radius 2 is 0.956 bits per heavy atom. The molecule has 0 spiro atoms. The van der Waals surface area contributed by atoms with Crippen LogP contribution in [0.15, 0.2) is 152 Å². The maximum Gasteiger partial charge on any atom is 0.137 e. The molecule has 0 aliphatic carbocycles. The molecule has 0 N–H and O–H groups in total. The molecular weight excluding hydrogens is 548 g/mol. The van der Waals surface area contributed by atoms with Gasteiger partial charge >= 0.3 is 0 Å². The minimum atomic E-state index is -0.290. The number of hydrogen-bond donors (Lipinski definition) is 0. The molecule has 0 saturated carbocycles. The van der Waals surface area contributed by atoms with E-state index in [4.69, 9.17) is 4.98 Å². The summed E-state index contributed by atoms with van der Waals surface area (Å²) >= 11 is 0. The van der Waals surface area contributed by atoms with Gasteiger partial charge in [0.2, 0.25) is 0 Å². The Bertz CT molecular complexity index is 1690. The van der Waals surface area contributed by atoms with Crippen LogP contribution in [-0.2, 0) is 5.41 Å². The molecule has 0 radical (unpaired) electrons. The lowest BCUT2D eigenvalue weighted by Gasteiger charge is -2.44. The minimum Gasteiger partial charge on any atom is -0.337 e. The van der Waals surface area contributed by atoms with Gasteiger partial charge in [0, 0.05) is 45.6 Å². The van der Waals surface area contributed by atoms with Gasteiger partial charge in [0.15, 0.2) is 0 Å². The molecule has 1 aliphatic rings. The summed E-state index contributed by atoms with van der Waals surface area (Å²) in [5.41, 5.74) is 10.2. The van der Waals surface area contributed by atoms with Crippen LogP contribution >= 0.6 is 0 Å². The number of benzene rings is 5. The van der Waals surface area contributed by atoms with Gasteiger partial charge in [0.25, 0.3) is 0 Å². The summed E-state index contributed by atoms with van der Waals surface area (Å²) in [4.78, 5) is 12.2. The average Bonchev–Trinajstić information content (AvgIpc) is 3.07. The van der Waals surface area contributed by atoms with Crippen LogP contribution in [0, 0.1) is 0 Å². The van der Waals surface area contributed by atoms with E-state index in [1.54, 1.807) is 0 Å². The summed E-state index contributed by atoms with van der Waals surface area (Å²) in [6.45, 7) is 9.21. The van der Waals surface area contributed by atoms with Gasteiger partial charge in [0.05, 0.1) is 11.9 Å². The van der Waals surface area contributed by atoms with Crippen molar-refractivity contribution < 1.29 is 0 Å². The predicted octanol–water partition coefficient (Wildman–Crippen LogP) is 11.2. The second-order valence-corrected chi connectivity index (χ2v) is 12.4. The Labute approximate surface area is 266 Å². The fourth-order valence-corrected chi connectivity index (χ4v) is 6.63. The second-order valence-electron chi connectivity index (χ2n) is 12.4. The van der Waals surface area contributed by atoms with Crippen LogP contribution in [-0.4, -0.2) is 11.0 Å². The van der Waals surface area contributed by atoms with E-state index >= 15 is 0 Å². The predicted molar refractivity (Wildman–Crippen MR) is 189 cm³/mol. The first-order valence-corrected chi connectivity index (χ1v) is 15.7. The van der Waals surface area contributed by atoms with Gasteiger partial charge in [-0.05, 0) is 97.8 Å². The number of nitrogens with zero attached hydrogens (tertiary/aromatic N) is 4. The highest BCUT2D eigenvalue weighted by molar-refractivity contribution is 5.85. The smallest absolute Gasteiger partial charge is 0.137 e. The molecule has 1 aliphatic heterocycles. The highest BCUT2D eigenvalue weighted by Gasteiger charge is 2.39. The van der Waals surface area contributed by atoms with Crippen LogP contribution < -0.4 is 14.7 Å². The summed E-state index contributed by atoms with van der Waals surface area (Å²) < 4.78 is 0. The standard InChI is InChI=1S/C41H38N4/c1-30(2)43-38-26-25-35(44(31-17-9-5-10-18-31)32-19-11-6-12-20-32)27-36(38)41(3,4)37-28-40(42-29-39(37)43)45(33-21-13-7-14-22-33)34-23-15-8-16-24-34/h5-30H,1-4H3. The fraction of sp³-hybridized carbons (Fsp3) is 0.146. The third-order valence-corrected chi connectivity index (χ3v) is 8.78. The van der Waals surface area contributed by atoms with Crippen LogP contribution in [0.4, 0.5) is 45.6 Å². The number of fused-ring (bicyclic) bond motifs is 2. The highest BCUT2D eigenvalue weighted by atomic mass is 15.2. The van der Waals surface area contributed by atoms with Crippen LogP contribution in [0.3, 0.4) is 0 Å². The molecule has 45 heavy (non-hydrogen) atoms. The normalized spacial score (nSPS) is 13.2. The van der Waals surface area contributed by atoms with Crippen molar-refractivity contribution >= 4 is 45.6 Å². The number of para-hydroxylation sites is 4. The maximum absolute atomic E-state index is 5.12. The number of pyridine rings is 1. The topological polar surface area (TPSA) is 22.6 Å². The van der Waals surface area contributed by atoms with Crippen molar-refractivity contribution in [2.45, 2.75) is 39.2 Å². The van der Waals surface area contributed by atoms with Crippen LogP contribution in [0.2, 0.25) is 0 Å². The third kappa shape index (κ3) is 5.12. The van der Waals surface area contributed by atoms with Crippen molar-refractivity contribution in [1.82, 2.24) is 4.98 Å². The number of hydrogen-bond acceptors (Lipinski definition) is 4. The summed E-state index contributed by atoms with van der Waals surface area (Å²) in [7, 11) is 0. The van der Waals surface area contributed by atoms with E-state index < -0.39 is 0 Å². The molecule has 0 fully saturated rings. The zero-order valence-electron chi connectivity index (χ0n) is 26.3. The molecule has 1 aromatic heterocycles. The van der Waals surface area contributed by atoms with Gasteiger partial charge in [0.1, 0.15) is 5.82 Å². The quantitative estimate of drug-likeness (QED) is 0.186. The molecule has 2 heterocycles. The van der Waals surface area contributed by atoms with Gasteiger partial charge < -0.3 is 9.80 Å². The van der Waals surface area contributed by atoms with Crippen molar-refractivity contribution in [3.8, 4) is 0 Å². The molecule has 0 atom stereocenters. The molecule has 6 aromatic rings. The second kappa shape index (κ2) is 11.6. The molecule has 4 nitrogen and oxygen atoms in total. The molecular formula is C41H38N4. The first kappa shape index (κ1) is 28.4. The first-order valence-electron chi connectivity index (χ1n) is 15.7. The first-order chi connectivity index (χ1) is 21.9. The van der Waals surface area contributed by atoms with E-state index in [0.29, 0.717) is 0 Å². The monoisotopic (exact) mass is 586 g/mol. The zero-order chi connectivity index (χ0) is 31.0. The molecule has 0 bridgehead atoms. The van der Waals surface area contributed by atoms with E-state index in [1.165, 1.54) is 16.8 Å².